The average Bonchev–Trinajstić information content (AvgIpc) is 2.83. The van der Waals surface area contributed by atoms with Gasteiger partial charge in [-0.1, -0.05) is 58.0 Å². The van der Waals surface area contributed by atoms with Gasteiger partial charge in [0.1, 0.15) is 17.4 Å². The van der Waals surface area contributed by atoms with Crippen LogP contribution in [0.4, 0.5) is 0 Å². The Morgan fingerprint density at radius 3 is 2.03 bits per heavy atom. The molecular weight excluding hydrogens is 480 g/mol. The molecule has 2 N–H and O–H groups in total. The zero-order valence-corrected chi connectivity index (χ0v) is 23.9. The highest BCUT2D eigenvalue weighted by atomic mass is 16.6. The zero-order chi connectivity index (χ0) is 28.3. The van der Waals surface area contributed by atoms with Gasteiger partial charge in [0, 0.05) is 6.42 Å². The first-order chi connectivity index (χ1) is 17.8. The van der Waals surface area contributed by atoms with Gasteiger partial charge in [0.25, 0.3) is 0 Å². The lowest BCUT2D eigenvalue weighted by molar-refractivity contribution is -0.158. The molecule has 1 amide bonds. The lowest BCUT2D eigenvalue weighted by atomic mass is 10.0. The highest BCUT2D eigenvalue weighted by Gasteiger charge is 2.30. The molecule has 0 aromatic heterocycles. The number of rotatable bonds is 13. The lowest BCUT2D eigenvalue weighted by Gasteiger charge is -2.27. The lowest BCUT2D eigenvalue weighted by Crippen LogP contribution is -2.52. The SMILES string of the molecule is CC(C)CCN[C@@H](CC(C)C)C(=O)N[C@@H](Cc1ccc(OC(=O)c2ccccc2)cc1)C(=O)OC(C)(C)C. The molecule has 0 bridgehead atoms. The Balaban J connectivity index is 2.14. The van der Waals surface area contributed by atoms with Crippen molar-refractivity contribution in [1.82, 2.24) is 10.6 Å². The Morgan fingerprint density at radius 1 is 0.842 bits per heavy atom. The van der Waals surface area contributed by atoms with Crippen molar-refractivity contribution >= 4 is 17.8 Å². The molecule has 208 valence electrons. The predicted octanol–water partition coefficient (Wildman–Crippen LogP) is 5.33. The third-order valence-electron chi connectivity index (χ3n) is 5.73. The van der Waals surface area contributed by atoms with Crippen LogP contribution in [0.15, 0.2) is 54.6 Å². The smallest absolute Gasteiger partial charge is 0.343 e. The van der Waals surface area contributed by atoms with Gasteiger partial charge in [-0.3, -0.25) is 4.79 Å². The summed E-state index contributed by atoms with van der Waals surface area (Å²) in [5.41, 5.74) is 0.568. The number of amides is 1. The first kappa shape index (κ1) is 31.0. The second-order valence-corrected chi connectivity index (χ2v) is 11.5. The molecule has 2 atom stereocenters. The number of hydrogen-bond donors (Lipinski definition) is 2. The van der Waals surface area contributed by atoms with Crippen LogP contribution in [0, 0.1) is 11.8 Å². The molecule has 7 heteroatoms. The monoisotopic (exact) mass is 524 g/mol. The minimum Gasteiger partial charge on any atom is -0.458 e. The molecular formula is C31H44N2O5. The molecule has 2 aromatic rings. The van der Waals surface area contributed by atoms with Crippen molar-refractivity contribution in [3.63, 3.8) is 0 Å². The minimum absolute atomic E-state index is 0.216. The van der Waals surface area contributed by atoms with Gasteiger partial charge in [0.05, 0.1) is 11.6 Å². The maximum atomic E-state index is 13.3. The van der Waals surface area contributed by atoms with Crippen molar-refractivity contribution in [1.29, 1.82) is 0 Å². The molecule has 0 unspecified atom stereocenters. The van der Waals surface area contributed by atoms with E-state index in [1.807, 2.05) is 6.07 Å². The zero-order valence-electron chi connectivity index (χ0n) is 23.9. The van der Waals surface area contributed by atoms with Gasteiger partial charge in [-0.25, -0.2) is 9.59 Å². The van der Waals surface area contributed by atoms with Crippen LogP contribution < -0.4 is 15.4 Å². The Hall–Kier alpha value is -3.19. The molecule has 0 radical (unpaired) electrons. The summed E-state index contributed by atoms with van der Waals surface area (Å²) in [6, 6.07) is 14.4. The third kappa shape index (κ3) is 11.5. The molecule has 0 fully saturated rings. The van der Waals surface area contributed by atoms with Gasteiger partial charge in [0.15, 0.2) is 0 Å². The Morgan fingerprint density at radius 2 is 1.47 bits per heavy atom. The van der Waals surface area contributed by atoms with Gasteiger partial charge in [0.2, 0.25) is 5.91 Å². The summed E-state index contributed by atoms with van der Waals surface area (Å²) in [5, 5.41) is 6.30. The highest BCUT2D eigenvalue weighted by Crippen LogP contribution is 2.17. The summed E-state index contributed by atoms with van der Waals surface area (Å²) in [6.45, 7) is 14.6. The van der Waals surface area contributed by atoms with Gasteiger partial charge >= 0.3 is 11.9 Å². The molecule has 38 heavy (non-hydrogen) atoms. The molecule has 2 rings (SSSR count). The minimum atomic E-state index is -0.860. The quantitative estimate of drug-likeness (QED) is 0.272. The third-order valence-corrected chi connectivity index (χ3v) is 5.73. The van der Waals surface area contributed by atoms with Crippen LogP contribution in [0.25, 0.3) is 0 Å². The summed E-state index contributed by atoms with van der Waals surface area (Å²) in [7, 11) is 0. The van der Waals surface area contributed by atoms with E-state index in [1.54, 1.807) is 69.3 Å². The van der Waals surface area contributed by atoms with E-state index in [1.165, 1.54) is 0 Å². The van der Waals surface area contributed by atoms with E-state index in [0.717, 1.165) is 18.5 Å². The van der Waals surface area contributed by atoms with Crippen molar-refractivity contribution in [2.24, 2.45) is 11.8 Å². The van der Waals surface area contributed by atoms with E-state index in [9.17, 15) is 14.4 Å². The Bertz CT molecular complexity index is 1030. The van der Waals surface area contributed by atoms with Crippen molar-refractivity contribution in [3.8, 4) is 5.75 Å². The van der Waals surface area contributed by atoms with Crippen molar-refractivity contribution < 1.29 is 23.9 Å². The molecule has 0 spiro atoms. The molecule has 0 saturated carbocycles. The van der Waals surface area contributed by atoms with Gasteiger partial charge < -0.3 is 20.1 Å². The largest absolute Gasteiger partial charge is 0.458 e. The molecule has 0 aliphatic rings. The topological polar surface area (TPSA) is 93.7 Å². The summed E-state index contributed by atoms with van der Waals surface area (Å²) in [4.78, 5) is 38.7. The van der Waals surface area contributed by atoms with Gasteiger partial charge in [-0.05, 0) is 81.8 Å². The fourth-order valence-electron chi connectivity index (χ4n) is 3.81. The van der Waals surface area contributed by atoms with Crippen LogP contribution in [-0.4, -0.2) is 42.1 Å². The van der Waals surface area contributed by atoms with Crippen LogP contribution in [0.1, 0.15) is 77.2 Å². The number of carbonyl (C=O) groups is 3. The van der Waals surface area contributed by atoms with Gasteiger partial charge in [-0.2, -0.15) is 0 Å². The Labute approximate surface area is 227 Å². The van der Waals surface area contributed by atoms with Crippen molar-refractivity contribution in [3.05, 3.63) is 65.7 Å². The maximum absolute atomic E-state index is 13.3. The van der Waals surface area contributed by atoms with Crippen LogP contribution in [0.3, 0.4) is 0 Å². The number of hydrogen-bond acceptors (Lipinski definition) is 6. The maximum Gasteiger partial charge on any atom is 0.343 e. The number of esters is 2. The first-order valence-electron chi connectivity index (χ1n) is 13.5. The van der Waals surface area contributed by atoms with E-state index in [2.05, 4.69) is 38.3 Å². The second-order valence-electron chi connectivity index (χ2n) is 11.5. The van der Waals surface area contributed by atoms with Crippen LogP contribution in [0.2, 0.25) is 0 Å². The van der Waals surface area contributed by atoms with Crippen molar-refractivity contribution in [2.75, 3.05) is 6.54 Å². The second kappa shape index (κ2) is 14.7. The summed E-state index contributed by atoms with van der Waals surface area (Å²) in [6.07, 6.45) is 1.86. The van der Waals surface area contributed by atoms with E-state index in [4.69, 9.17) is 9.47 Å². The number of ether oxygens (including phenoxy) is 2. The number of carbonyl (C=O) groups excluding carboxylic acids is 3. The molecule has 0 saturated heterocycles. The summed E-state index contributed by atoms with van der Waals surface area (Å²) in [5.74, 6) is 0.0750. The standard InChI is InChI=1S/C31H44N2O5/c1-21(2)17-18-32-26(19-22(3)4)28(34)33-27(30(36)38-31(5,6)7)20-23-13-15-25(16-14-23)37-29(35)24-11-9-8-10-12-24/h8-16,21-22,26-27,32H,17-20H2,1-7H3,(H,33,34)/t26-,27-/m0/s1. The van der Waals surface area contributed by atoms with Crippen LogP contribution in [0.5, 0.6) is 5.75 Å². The van der Waals surface area contributed by atoms with E-state index >= 15 is 0 Å². The van der Waals surface area contributed by atoms with Crippen molar-refractivity contribution in [2.45, 2.75) is 85.4 Å². The van der Waals surface area contributed by atoms with Crippen LogP contribution in [-0.2, 0) is 20.7 Å². The Kier molecular flexibility index (Phi) is 12.0. The van der Waals surface area contributed by atoms with E-state index in [0.29, 0.717) is 29.6 Å². The first-order valence-corrected chi connectivity index (χ1v) is 13.5. The van der Waals surface area contributed by atoms with Gasteiger partial charge in [-0.15, -0.1) is 0 Å². The molecule has 0 heterocycles. The average molecular weight is 525 g/mol. The van der Waals surface area contributed by atoms with E-state index in [-0.39, 0.29) is 12.3 Å². The summed E-state index contributed by atoms with van der Waals surface area (Å²) >= 11 is 0. The molecule has 2 aromatic carbocycles. The van der Waals surface area contributed by atoms with E-state index < -0.39 is 29.6 Å². The molecule has 0 aliphatic carbocycles. The molecule has 7 nitrogen and oxygen atoms in total. The number of benzene rings is 2. The normalized spacial score (nSPS) is 13.2. The highest BCUT2D eigenvalue weighted by molar-refractivity contribution is 5.91. The predicted molar refractivity (Wildman–Crippen MR) is 150 cm³/mol. The summed E-state index contributed by atoms with van der Waals surface area (Å²) < 4.78 is 11.1. The molecule has 0 aliphatic heterocycles. The fraction of sp³-hybridized carbons (Fsp3) is 0.516. The number of nitrogens with one attached hydrogen (secondary N) is 2. The fourth-order valence-corrected chi connectivity index (χ4v) is 3.81. The van der Waals surface area contributed by atoms with Crippen LogP contribution >= 0.6 is 0 Å².